The van der Waals surface area contributed by atoms with Crippen LogP contribution >= 0.6 is 0 Å². The van der Waals surface area contributed by atoms with Crippen molar-refractivity contribution in [2.75, 3.05) is 0 Å². The van der Waals surface area contributed by atoms with Crippen LogP contribution in [0.15, 0.2) is 24.3 Å². The van der Waals surface area contributed by atoms with Gasteiger partial charge in [0, 0.05) is 18.1 Å². The number of carboxylic acids is 1. The van der Waals surface area contributed by atoms with E-state index in [9.17, 15) is 23.1 Å². The fraction of sp³-hybridized carbons (Fsp3) is 0.357. The summed E-state index contributed by atoms with van der Waals surface area (Å²) < 4.78 is 40.1. The molecular weight excluding hydrogens is 273 g/mol. The van der Waals surface area contributed by atoms with Gasteiger partial charge < -0.3 is 10.2 Å². The molecule has 1 aromatic rings. The highest BCUT2D eigenvalue weighted by molar-refractivity contribution is 5.71. The molecule has 0 bridgehead atoms. The lowest BCUT2D eigenvalue weighted by molar-refractivity contribution is -0.145. The fourth-order valence-electron chi connectivity index (χ4n) is 2.52. The first kappa shape index (κ1) is 14.6. The van der Waals surface area contributed by atoms with Gasteiger partial charge in [0.1, 0.15) is 17.5 Å². The Hall–Kier alpha value is -1.82. The molecule has 3 unspecified atom stereocenters. The Morgan fingerprint density at radius 1 is 1.15 bits per heavy atom. The number of hydrogen-bond acceptors (Lipinski definition) is 2. The Balaban J connectivity index is 2.37. The molecule has 0 fully saturated rings. The number of aliphatic hydroxyl groups is 1. The summed E-state index contributed by atoms with van der Waals surface area (Å²) in [5.74, 6) is -6.44. The topological polar surface area (TPSA) is 57.5 Å². The summed E-state index contributed by atoms with van der Waals surface area (Å²) in [5.41, 5.74) is -0.682. The van der Waals surface area contributed by atoms with E-state index in [0.29, 0.717) is 12.1 Å². The van der Waals surface area contributed by atoms with E-state index in [-0.39, 0.29) is 12.8 Å². The first-order chi connectivity index (χ1) is 9.41. The van der Waals surface area contributed by atoms with Crippen molar-refractivity contribution in [2.24, 2.45) is 11.8 Å². The molecule has 0 radical (unpaired) electrons. The number of carbonyl (C=O) groups is 1. The number of halogens is 3. The molecule has 0 aromatic heterocycles. The fourth-order valence-corrected chi connectivity index (χ4v) is 2.52. The highest BCUT2D eigenvalue weighted by atomic mass is 19.1. The highest BCUT2D eigenvalue weighted by Gasteiger charge is 2.36. The zero-order valence-corrected chi connectivity index (χ0v) is 10.4. The summed E-state index contributed by atoms with van der Waals surface area (Å²) >= 11 is 0. The molecule has 3 atom stereocenters. The molecule has 0 heterocycles. The Morgan fingerprint density at radius 3 is 2.25 bits per heavy atom. The summed E-state index contributed by atoms with van der Waals surface area (Å²) in [7, 11) is 0. The molecule has 1 aliphatic carbocycles. The summed E-state index contributed by atoms with van der Waals surface area (Å²) in [5, 5.41) is 19.2. The van der Waals surface area contributed by atoms with Crippen LogP contribution < -0.4 is 0 Å². The lowest BCUT2D eigenvalue weighted by atomic mass is 9.77. The molecule has 0 amide bonds. The van der Waals surface area contributed by atoms with Crippen molar-refractivity contribution in [2.45, 2.75) is 18.9 Å². The third-order valence-corrected chi connectivity index (χ3v) is 3.54. The molecular formula is C14H13F3O3. The summed E-state index contributed by atoms with van der Waals surface area (Å²) in [6, 6.07) is 0.937. The standard InChI is InChI=1S/C14H13F3O3/c15-7-5-10(16)12(11(17)6-7)13(18)8-3-1-2-4-9(8)14(19)20/h1-2,5-6,8-9,13,18H,3-4H2,(H,19,20). The molecule has 1 aliphatic rings. The van der Waals surface area contributed by atoms with Crippen LogP contribution in [0.3, 0.4) is 0 Å². The van der Waals surface area contributed by atoms with Crippen LogP contribution in [0.25, 0.3) is 0 Å². The van der Waals surface area contributed by atoms with Gasteiger partial charge in [-0.1, -0.05) is 12.2 Å². The quantitative estimate of drug-likeness (QED) is 0.840. The molecule has 0 saturated carbocycles. The molecule has 1 aromatic carbocycles. The molecule has 2 N–H and O–H groups in total. The van der Waals surface area contributed by atoms with Gasteiger partial charge in [0.2, 0.25) is 0 Å². The van der Waals surface area contributed by atoms with Gasteiger partial charge in [0.15, 0.2) is 0 Å². The van der Waals surface area contributed by atoms with E-state index >= 15 is 0 Å². The minimum absolute atomic E-state index is 0.182. The number of aliphatic carboxylic acids is 1. The van der Waals surface area contributed by atoms with Crippen LogP contribution in [0.4, 0.5) is 13.2 Å². The largest absolute Gasteiger partial charge is 0.481 e. The van der Waals surface area contributed by atoms with E-state index in [4.69, 9.17) is 5.11 Å². The maximum Gasteiger partial charge on any atom is 0.307 e. The van der Waals surface area contributed by atoms with Gasteiger partial charge in [-0.15, -0.1) is 0 Å². The van der Waals surface area contributed by atoms with Gasteiger partial charge in [0.05, 0.1) is 17.6 Å². The molecule has 3 nitrogen and oxygen atoms in total. The number of hydrogen-bond donors (Lipinski definition) is 2. The van der Waals surface area contributed by atoms with Crippen LogP contribution in [0.1, 0.15) is 24.5 Å². The molecule has 20 heavy (non-hydrogen) atoms. The lowest BCUT2D eigenvalue weighted by Crippen LogP contribution is -2.30. The van der Waals surface area contributed by atoms with Crippen LogP contribution in [0, 0.1) is 29.3 Å². The van der Waals surface area contributed by atoms with Crippen molar-refractivity contribution >= 4 is 5.97 Å². The van der Waals surface area contributed by atoms with Crippen molar-refractivity contribution in [3.8, 4) is 0 Å². The maximum absolute atomic E-state index is 13.6. The van der Waals surface area contributed by atoms with E-state index < -0.39 is 46.9 Å². The summed E-state index contributed by atoms with van der Waals surface area (Å²) in [4.78, 5) is 11.1. The normalized spacial score (nSPS) is 23.6. The van der Waals surface area contributed by atoms with Gasteiger partial charge in [-0.2, -0.15) is 0 Å². The van der Waals surface area contributed by atoms with E-state index in [1.54, 1.807) is 12.2 Å². The zero-order valence-electron chi connectivity index (χ0n) is 10.4. The van der Waals surface area contributed by atoms with Crippen molar-refractivity contribution in [1.29, 1.82) is 0 Å². The number of aliphatic hydroxyl groups excluding tert-OH is 1. The Bertz CT molecular complexity index is 534. The number of benzene rings is 1. The number of carboxylic acid groups (broad SMARTS) is 1. The van der Waals surface area contributed by atoms with E-state index in [0.717, 1.165) is 0 Å². The second-order valence-corrected chi connectivity index (χ2v) is 4.78. The van der Waals surface area contributed by atoms with Gasteiger partial charge in [-0.3, -0.25) is 4.79 Å². The smallest absolute Gasteiger partial charge is 0.307 e. The van der Waals surface area contributed by atoms with Crippen molar-refractivity contribution in [3.63, 3.8) is 0 Å². The van der Waals surface area contributed by atoms with E-state index in [1.807, 2.05) is 0 Å². The monoisotopic (exact) mass is 286 g/mol. The van der Waals surface area contributed by atoms with Crippen LogP contribution in [0.2, 0.25) is 0 Å². The summed E-state index contributed by atoms with van der Waals surface area (Å²) in [6.07, 6.45) is 2.05. The average molecular weight is 286 g/mol. The van der Waals surface area contributed by atoms with Gasteiger partial charge in [0.25, 0.3) is 0 Å². The van der Waals surface area contributed by atoms with Gasteiger partial charge >= 0.3 is 5.97 Å². The maximum atomic E-state index is 13.6. The predicted octanol–water partition coefficient (Wildman–Crippen LogP) is 2.80. The van der Waals surface area contributed by atoms with Gasteiger partial charge in [-0.25, -0.2) is 13.2 Å². The SMILES string of the molecule is O=C(O)C1CC=CCC1C(O)c1c(F)cc(F)cc1F. The van der Waals surface area contributed by atoms with Crippen molar-refractivity contribution in [3.05, 3.63) is 47.3 Å². The minimum atomic E-state index is -1.64. The van der Waals surface area contributed by atoms with Gasteiger partial charge in [-0.05, 0) is 12.8 Å². The molecule has 2 rings (SSSR count). The highest BCUT2D eigenvalue weighted by Crippen LogP contribution is 2.38. The third-order valence-electron chi connectivity index (χ3n) is 3.54. The minimum Gasteiger partial charge on any atom is -0.481 e. The molecule has 6 heteroatoms. The Morgan fingerprint density at radius 2 is 1.70 bits per heavy atom. The summed E-state index contributed by atoms with van der Waals surface area (Å²) in [6.45, 7) is 0. The zero-order chi connectivity index (χ0) is 14.9. The number of rotatable bonds is 3. The average Bonchev–Trinajstić information content (AvgIpc) is 2.37. The first-order valence-corrected chi connectivity index (χ1v) is 6.12. The van der Waals surface area contributed by atoms with E-state index in [2.05, 4.69) is 0 Å². The molecule has 0 aliphatic heterocycles. The Labute approximate surface area is 113 Å². The molecule has 0 spiro atoms. The number of allylic oxidation sites excluding steroid dienone is 2. The van der Waals surface area contributed by atoms with Crippen LogP contribution in [0.5, 0.6) is 0 Å². The third kappa shape index (κ3) is 2.70. The lowest BCUT2D eigenvalue weighted by Gasteiger charge is -2.30. The van der Waals surface area contributed by atoms with Crippen molar-refractivity contribution < 1.29 is 28.2 Å². The van der Waals surface area contributed by atoms with Crippen LogP contribution in [-0.2, 0) is 4.79 Å². The molecule has 108 valence electrons. The predicted molar refractivity (Wildman–Crippen MR) is 64.3 cm³/mol. The molecule has 0 saturated heterocycles. The second-order valence-electron chi connectivity index (χ2n) is 4.78. The van der Waals surface area contributed by atoms with Crippen molar-refractivity contribution in [1.82, 2.24) is 0 Å². The second kappa shape index (κ2) is 5.66. The Kier molecular flexibility index (Phi) is 4.13. The van der Waals surface area contributed by atoms with Crippen LogP contribution in [-0.4, -0.2) is 16.2 Å². The first-order valence-electron chi connectivity index (χ1n) is 6.12. The van der Waals surface area contributed by atoms with E-state index in [1.165, 1.54) is 0 Å².